The van der Waals surface area contributed by atoms with E-state index in [4.69, 9.17) is 4.74 Å². The summed E-state index contributed by atoms with van der Waals surface area (Å²) >= 11 is 0. The minimum atomic E-state index is -0.166. The Morgan fingerprint density at radius 2 is 2.29 bits per heavy atom. The first-order chi connectivity index (χ1) is 10.1. The lowest BCUT2D eigenvalue weighted by Crippen LogP contribution is -2.45. The summed E-state index contributed by atoms with van der Waals surface area (Å²) in [5.74, 6) is 1.43. The van der Waals surface area contributed by atoms with E-state index in [0.29, 0.717) is 13.2 Å². The van der Waals surface area contributed by atoms with Crippen LogP contribution >= 0.6 is 0 Å². The van der Waals surface area contributed by atoms with Crippen LogP contribution < -0.4 is 5.32 Å². The molecule has 21 heavy (non-hydrogen) atoms. The number of ether oxygens (including phenoxy) is 1. The molecule has 1 saturated heterocycles. The second-order valence-electron chi connectivity index (χ2n) is 5.29. The van der Waals surface area contributed by atoms with E-state index in [2.05, 4.69) is 20.2 Å². The number of hydrogen-bond acceptors (Lipinski definition) is 6. The quantitative estimate of drug-likeness (QED) is 0.834. The summed E-state index contributed by atoms with van der Waals surface area (Å²) in [6.45, 7) is 5.68. The van der Waals surface area contributed by atoms with E-state index in [9.17, 15) is 4.79 Å². The Balaban J connectivity index is 2.11. The molecule has 1 atom stereocenters. The number of carbonyl (C=O) groups excluding carboxylic acids is 1. The molecule has 6 nitrogen and oxygen atoms in total. The fraction of sp³-hybridized carbons (Fsp3) is 0.667. The molecule has 1 fully saturated rings. The molecule has 0 aromatic carbocycles. The monoisotopic (exact) mass is 292 g/mol. The van der Waals surface area contributed by atoms with Crippen LogP contribution in [0, 0.1) is 6.92 Å². The van der Waals surface area contributed by atoms with Crippen molar-refractivity contribution in [1.82, 2.24) is 14.9 Å². The van der Waals surface area contributed by atoms with Gasteiger partial charge in [-0.3, -0.25) is 9.69 Å². The van der Waals surface area contributed by atoms with Gasteiger partial charge in [0, 0.05) is 18.8 Å². The molecular weight excluding hydrogens is 268 g/mol. The third-order valence-corrected chi connectivity index (χ3v) is 3.67. The Morgan fingerprint density at radius 1 is 1.48 bits per heavy atom. The lowest BCUT2D eigenvalue weighted by molar-refractivity contribution is -0.151. The summed E-state index contributed by atoms with van der Waals surface area (Å²) in [5, 5.41) is 3.04. The second kappa shape index (κ2) is 7.36. The number of esters is 1. The Hall–Kier alpha value is -1.69. The second-order valence-corrected chi connectivity index (χ2v) is 5.29. The predicted octanol–water partition coefficient (Wildman–Crippen LogP) is 1.74. The molecule has 1 aromatic rings. The van der Waals surface area contributed by atoms with Crippen LogP contribution in [0.15, 0.2) is 6.07 Å². The fourth-order valence-electron chi connectivity index (χ4n) is 2.70. The molecule has 0 saturated carbocycles. The van der Waals surface area contributed by atoms with Gasteiger partial charge in [0.25, 0.3) is 0 Å². The zero-order valence-electron chi connectivity index (χ0n) is 13.1. The maximum Gasteiger partial charge on any atom is 0.323 e. The normalized spacial score (nSPS) is 19.3. The van der Waals surface area contributed by atoms with Crippen LogP contribution in [-0.4, -0.2) is 47.1 Å². The third-order valence-electron chi connectivity index (χ3n) is 3.67. The van der Waals surface area contributed by atoms with E-state index in [1.807, 2.05) is 27.0 Å². The summed E-state index contributed by atoms with van der Waals surface area (Å²) in [5.41, 5.74) is 0.925. The molecule has 0 amide bonds. The molecule has 0 aliphatic carbocycles. The molecule has 2 heterocycles. The standard InChI is InChI=1S/C15H24N4O2/c1-4-21-15(20)12-7-5-6-8-19(12)10-14-17-11(2)9-13(16-3)18-14/h9,12H,4-8,10H2,1-3H3,(H,16,17,18). The van der Waals surface area contributed by atoms with E-state index >= 15 is 0 Å². The number of hydrogen-bond donors (Lipinski definition) is 1. The lowest BCUT2D eigenvalue weighted by Gasteiger charge is -2.33. The molecule has 0 spiro atoms. The number of aryl methyl sites for hydroxylation is 1. The minimum Gasteiger partial charge on any atom is -0.465 e. The lowest BCUT2D eigenvalue weighted by atomic mass is 10.0. The summed E-state index contributed by atoms with van der Waals surface area (Å²) in [6, 6.07) is 1.74. The van der Waals surface area contributed by atoms with Crippen molar-refractivity contribution >= 4 is 11.8 Å². The van der Waals surface area contributed by atoms with E-state index < -0.39 is 0 Å². The van der Waals surface area contributed by atoms with Gasteiger partial charge >= 0.3 is 5.97 Å². The Bertz CT molecular complexity index is 493. The number of likely N-dealkylation sites (tertiary alicyclic amines) is 1. The van der Waals surface area contributed by atoms with Gasteiger partial charge in [-0.1, -0.05) is 6.42 Å². The topological polar surface area (TPSA) is 67.3 Å². The summed E-state index contributed by atoms with van der Waals surface area (Å²) in [4.78, 5) is 23.1. The van der Waals surface area contributed by atoms with E-state index in [0.717, 1.165) is 43.1 Å². The smallest absolute Gasteiger partial charge is 0.323 e. The average Bonchev–Trinajstić information content (AvgIpc) is 2.47. The zero-order valence-corrected chi connectivity index (χ0v) is 13.1. The zero-order chi connectivity index (χ0) is 15.2. The molecular formula is C15H24N4O2. The van der Waals surface area contributed by atoms with Crippen LogP contribution in [-0.2, 0) is 16.1 Å². The van der Waals surface area contributed by atoms with Gasteiger partial charge in [0.2, 0.25) is 0 Å². The number of aromatic nitrogens is 2. The number of anilines is 1. The highest BCUT2D eigenvalue weighted by atomic mass is 16.5. The molecule has 116 valence electrons. The molecule has 0 bridgehead atoms. The van der Waals surface area contributed by atoms with Gasteiger partial charge in [0.1, 0.15) is 17.7 Å². The Kier molecular flexibility index (Phi) is 5.50. The summed E-state index contributed by atoms with van der Waals surface area (Å²) in [6.07, 6.45) is 3.01. The van der Waals surface area contributed by atoms with E-state index in [1.54, 1.807) is 0 Å². The van der Waals surface area contributed by atoms with Gasteiger partial charge < -0.3 is 10.1 Å². The molecule has 1 aliphatic rings. The van der Waals surface area contributed by atoms with Crippen molar-refractivity contribution in [2.45, 2.75) is 45.7 Å². The van der Waals surface area contributed by atoms with E-state index in [1.165, 1.54) is 0 Å². The minimum absolute atomic E-state index is 0.126. The molecule has 2 rings (SSSR count). The molecule has 0 radical (unpaired) electrons. The molecule has 1 aliphatic heterocycles. The summed E-state index contributed by atoms with van der Waals surface area (Å²) < 4.78 is 5.18. The molecule has 1 unspecified atom stereocenters. The fourth-order valence-corrected chi connectivity index (χ4v) is 2.70. The number of nitrogens with one attached hydrogen (secondary N) is 1. The number of rotatable bonds is 5. The van der Waals surface area contributed by atoms with Crippen LogP contribution in [0.1, 0.15) is 37.7 Å². The van der Waals surface area contributed by atoms with Gasteiger partial charge in [-0.15, -0.1) is 0 Å². The first kappa shape index (κ1) is 15.7. The SMILES string of the molecule is CCOC(=O)C1CCCCN1Cc1nc(C)cc(NC)n1. The van der Waals surface area contributed by atoms with Gasteiger partial charge in [-0.2, -0.15) is 0 Å². The highest BCUT2D eigenvalue weighted by Crippen LogP contribution is 2.20. The third kappa shape index (κ3) is 4.14. The van der Waals surface area contributed by atoms with Crippen LogP contribution in [0.3, 0.4) is 0 Å². The molecule has 6 heteroatoms. The first-order valence-corrected chi connectivity index (χ1v) is 7.57. The van der Waals surface area contributed by atoms with Crippen molar-refractivity contribution < 1.29 is 9.53 Å². The van der Waals surface area contributed by atoms with Crippen LogP contribution in [0.2, 0.25) is 0 Å². The highest BCUT2D eigenvalue weighted by molar-refractivity contribution is 5.75. The summed E-state index contributed by atoms with van der Waals surface area (Å²) in [7, 11) is 1.84. The number of carbonyl (C=O) groups is 1. The van der Waals surface area contributed by atoms with Gasteiger partial charge in [-0.05, 0) is 33.2 Å². The Morgan fingerprint density at radius 3 is 3.00 bits per heavy atom. The largest absolute Gasteiger partial charge is 0.465 e. The molecule has 1 aromatic heterocycles. The number of piperidine rings is 1. The van der Waals surface area contributed by atoms with Crippen molar-refractivity contribution in [3.8, 4) is 0 Å². The molecule has 1 N–H and O–H groups in total. The van der Waals surface area contributed by atoms with E-state index in [-0.39, 0.29) is 12.0 Å². The van der Waals surface area contributed by atoms with Gasteiger partial charge in [-0.25, -0.2) is 9.97 Å². The van der Waals surface area contributed by atoms with Gasteiger partial charge in [0.05, 0.1) is 13.2 Å². The Labute approximate surface area is 125 Å². The predicted molar refractivity (Wildman–Crippen MR) is 81.0 cm³/mol. The maximum absolute atomic E-state index is 12.1. The highest BCUT2D eigenvalue weighted by Gasteiger charge is 2.30. The van der Waals surface area contributed by atoms with Crippen LogP contribution in [0.4, 0.5) is 5.82 Å². The average molecular weight is 292 g/mol. The van der Waals surface area contributed by atoms with Crippen molar-refractivity contribution in [3.63, 3.8) is 0 Å². The number of nitrogens with zero attached hydrogens (tertiary/aromatic N) is 3. The van der Waals surface area contributed by atoms with Crippen molar-refractivity contribution in [2.24, 2.45) is 0 Å². The van der Waals surface area contributed by atoms with Gasteiger partial charge in [0.15, 0.2) is 0 Å². The van der Waals surface area contributed by atoms with Crippen molar-refractivity contribution in [3.05, 3.63) is 17.6 Å². The first-order valence-electron chi connectivity index (χ1n) is 7.57. The van der Waals surface area contributed by atoms with Crippen molar-refractivity contribution in [2.75, 3.05) is 25.5 Å². The van der Waals surface area contributed by atoms with Crippen molar-refractivity contribution in [1.29, 1.82) is 0 Å². The van der Waals surface area contributed by atoms with Crippen LogP contribution in [0.25, 0.3) is 0 Å². The van der Waals surface area contributed by atoms with Crippen LogP contribution in [0.5, 0.6) is 0 Å². The maximum atomic E-state index is 12.1.